The highest BCUT2D eigenvalue weighted by molar-refractivity contribution is 6.31. The van der Waals surface area contributed by atoms with Crippen molar-refractivity contribution in [3.05, 3.63) is 58.6 Å². The summed E-state index contributed by atoms with van der Waals surface area (Å²) >= 11 is 5.95. The molecule has 2 aromatic carbocycles. The van der Waals surface area contributed by atoms with Gasteiger partial charge in [-0.15, -0.1) is 0 Å². The van der Waals surface area contributed by atoms with Gasteiger partial charge < -0.3 is 5.73 Å². The monoisotopic (exact) mass is 245 g/mol. The molecule has 3 heteroatoms. The third-order valence-corrected chi connectivity index (χ3v) is 2.88. The van der Waals surface area contributed by atoms with Gasteiger partial charge in [0.05, 0.1) is 0 Å². The lowest BCUT2D eigenvalue weighted by Crippen LogP contribution is -1.95. The molecule has 2 rings (SSSR count). The fraction of sp³-hybridized carbons (Fsp3) is 0.0714. The summed E-state index contributed by atoms with van der Waals surface area (Å²) in [7, 11) is 0. The van der Waals surface area contributed by atoms with Crippen LogP contribution in [0, 0.1) is 0 Å². The van der Waals surface area contributed by atoms with Crippen molar-refractivity contribution in [1.82, 2.24) is 0 Å². The molecular formula is C14H12ClNO. The largest absolute Gasteiger partial charge is 0.326 e. The summed E-state index contributed by atoms with van der Waals surface area (Å²) in [5, 5.41) is 0.619. The van der Waals surface area contributed by atoms with Crippen LogP contribution in [0.25, 0.3) is 11.1 Å². The Morgan fingerprint density at radius 2 is 1.82 bits per heavy atom. The smallest absolute Gasteiger partial charge is 0.150 e. The first-order valence-corrected chi connectivity index (χ1v) is 5.66. The molecule has 0 radical (unpaired) electrons. The minimum Gasteiger partial charge on any atom is -0.326 e. The van der Waals surface area contributed by atoms with E-state index < -0.39 is 0 Å². The number of nitrogens with two attached hydrogens (primary N) is 1. The van der Waals surface area contributed by atoms with Gasteiger partial charge in [-0.05, 0) is 34.9 Å². The van der Waals surface area contributed by atoms with E-state index in [-0.39, 0.29) is 0 Å². The van der Waals surface area contributed by atoms with Crippen molar-refractivity contribution in [2.75, 3.05) is 0 Å². The molecule has 0 saturated heterocycles. The van der Waals surface area contributed by atoms with Gasteiger partial charge >= 0.3 is 0 Å². The maximum atomic E-state index is 11.0. The van der Waals surface area contributed by atoms with Crippen LogP contribution >= 0.6 is 11.6 Å². The molecule has 0 amide bonds. The van der Waals surface area contributed by atoms with Crippen molar-refractivity contribution in [3.63, 3.8) is 0 Å². The van der Waals surface area contributed by atoms with Crippen LogP contribution in [0.15, 0.2) is 42.5 Å². The van der Waals surface area contributed by atoms with E-state index in [0.29, 0.717) is 17.1 Å². The van der Waals surface area contributed by atoms with E-state index in [1.165, 1.54) is 0 Å². The van der Waals surface area contributed by atoms with Gasteiger partial charge in [0.25, 0.3) is 0 Å². The number of hydrogen-bond donors (Lipinski definition) is 1. The maximum absolute atomic E-state index is 11.0. The minimum atomic E-state index is 0.510. The summed E-state index contributed by atoms with van der Waals surface area (Å²) in [6, 6.07) is 13.0. The average molecular weight is 246 g/mol. The van der Waals surface area contributed by atoms with Crippen molar-refractivity contribution >= 4 is 17.9 Å². The van der Waals surface area contributed by atoms with Crippen LogP contribution in [0.4, 0.5) is 0 Å². The molecular weight excluding hydrogens is 234 g/mol. The molecule has 0 atom stereocenters. The van der Waals surface area contributed by atoms with E-state index in [1.807, 2.05) is 24.3 Å². The highest BCUT2D eigenvalue weighted by Gasteiger charge is 2.05. The molecule has 0 aliphatic rings. The molecule has 0 unspecified atom stereocenters. The summed E-state index contributed by atoms with van der Waals surface area (Å²) < 4.78 is 0. The van der Waals surface area contributed by atoms with Gasteiger partial charge in [0.1, 0.15) is 0 Å². The van der Waals surface area contributed by atoms with Gasteiger partial charge in [-0.1, -0.05) is 35.9 Å². The van der Waals surface area contributed by atoms with Gasteiger partial charge in [0.2, 0.25) is 0 Å². The fourth-order valence-corrected chi connectivity index (χ4v) is 1.87. The molecule has 0 saturated carbocycles. The summed E-state index contributed by atoms with van der Waals surface area (Å²) in [5.74, 6) is 0. The number of aldehydes is 1. The predicted octanol–water partition coefficient (Wildman–Crippen LogP) is 3.28. The Bertz CT molecular complexity index is 534. The third kappa shape index (κ3) is 2.54. The predicted molar refractivity (Wildman–Crippen MR) is 70.2 cm³/mol. The van der Waals surface area contributed by atoms with E-state index in [0.717, 1.165) is 23.0 Å². The van der Waals surface area contributed by atoms with Crippen LogP contribution in [-0.4, -0.2) is 6.29 Å². The summed E-state index contributed by atoms with van der Waals surface area (Å²) in [5.41, 5.74) is 9.04. The Kier molecular flexibility index (Phi) is 3.57. The zero-order valence-corrected chi connectivity index (χ0v) is 9.95. The van der Waals surface area contributed by atoms with Gasteiger partial charge in [-0.25, -0.2) is 0 Å². The summed E-state index contributed by atoms with van der Waals surface area (Å²) in [6.07, 6.45) is 0.836. The van der Waals surface area contributed by atoms with E-state index in [4.69, 9.17) is 17.3 Å². The topological polar surface area (TPSA) is 43.1 Å². The summed E-state index contributed by atoms with van der Waals surface area (Å²) in [6.45, 7) is 0.510. The Labute approximate surface area is 105 Å². The molecule has 0 bridgehead atoms. The molecule has 2 aromatic rings. The Hall–Kier alpha value is -1.64. The third-order valence-electron chi connectivity index (χ3n) is 2.64. The lowest BCUT2D eigenvalue weighted by atomic mass is 9.99. The first-order chi connectivity index (χ1) is 8.24. The maximum Gasteiger partial charge on any atom is 0.150 e. The van der Waals surface area contributed by atoms with Gasteiger partial charge in [-0.2, -0.15) is 0 Å². The second kappa shape index (κ2) is 5.13. The molecule has 0 fully saturated rings. The van der Waals surface area contributed by atoms with E-state index in [1.54, 1.807) is 18.2 Å². The van der Waals surface area contributed by atoms with Crippen molar-refractivity contribution < 1.29 is 4.79 Å². The molecule has 0 aromatic heterocycles. The first kappa shape index (κ1) is 11.8. The number of hydrogen-bond acceptors (Lipinski definition) is 2. The van der Waals surface area contributed by atoms with Gasteiger partial charge in [0.15, 0.2) is 6.29 Å². The van der Waals surface area contributed by atoms with Crippen LogP contribution in [-0.2, 0) is 6.54 Å². The van der Waals surface area contributed by atoms with E-state index >= 15 is 0 Å². The van der Waals surface area contributed by atoms with Crippen molar-refractivity contribution in [1.29, 1.82) is 0 Å². The second-order valence-electron chi connectivity index (χ2n) is 3.75. The second-order valence-corrected chi connectivity index (χ2v) is 4.19. The number of carbonyl (C=O) groups is 1. The molecule has 0 aliphatic heterocycles. The Morgan fingerprint density at radius 3 is 2.41 bits per heavy atom. The van der Waals surface area contributed by atoms with E-state index in [2.05, 4.69) is 0 Å². The first-order valence-electron chi connectivity index (χ1n) is 5.28. The van der Waals surface area contributed by atoms with Crippen LogP contribution in [0.2, 0.25) is 5.02 Å². The fourth-order valence-electron chi connectivity index (χ4n) is 1.70. The van der Waals surface area contributed by atoms with Crippen molar-refractivity contribution in [2.45, 2.75) is 6.54 Å². The van der Waals surface area contributed by atoms with E-state index in [9.17, 15) is 4.79 Å². The normalized spacial score (nSPS) is 10.2. The molecule has 0 heterocycles. The zero-order valence-electron chi connectivity index (χ0n) is 9.19. The lowest BCUT2D eigenvalue weighted by molar-refractivity contribution is 0.112. The van der Waals surface area contributed by atoms with Crippen LogP contribution in [0.1, 0.15) is 15.9 Å². The Balaban J connectivity index is 2.50. The molecule has 17 heavy (non-hydrogen) atoms. The number of carbonyl (C=O) groups excluding carboxylic acids is 1. The highest BCUT2D eigenvalue weighted by Crippen LogP contribution is 2.26. The number of rotatable bonds is 3. The van der Waals surface area contributed by atoms with Crippen LogP contribution < -0.4 is 5.73 Å². The van der Waals surface area contributed by atoms with Gasteiger partial charge in [0, 0.05) is 17.1 Å². The van der Waals surface area contributed by atoms with Crippen LogP contribution in [0.5, 0.6) is 0 Å². The van der Waals surface area contributed by atoms with Crippen LogP contribution in [0.3, 0.4) is 0 Å². The molecule has 86 valence electrons. The molecule has 2 nitrogen and oxygen atoms in total. The lowest BCUT2D eigenvalue weighted by Gasteiger charge is -2.06. The zero-order chi connectivity index (χ0) is 12.3. The molecule has 2 N–H and O–H groups in total. The molecule has 0 aliphatic carbocycles. The standard InChI is InChI=1S/C14H12ClNO/c15-13-6-5-12(9-17)14(7-13)11-3-1-10(8-16)2-4-11/h1-7,9H,8,16H2. The summed E-state index contributed by atoms with van der Waals surface area (Å²) in [4.78, 5) is 11.0. The SMILES string of the molecule is NCc1ccc(-c2cc(Cl)ccc2C=O)cc1. The highest BCUT2D eigenvalue weighted by atomic mass is 35.5. The minimum absolute atomic E-state index is 0.510. The van der Waals surface area contributed by atoms with Gasteiger partial charge in [-0.3, -0.25) is 4.79 Å². The molecule has 0 spiro atoms. The average Bonchev–Trinajstić information content (AvgIpc) is 2.39. The number of benzene rings is 2. The van der Waals surface area contributed by atoms with Crippen molar-refractivity contribution in [3.8, 4) is 11.1 Å². The Morgan fingerprint density at radius 1 is 1.12 bits per heavy atom. The number of halogens is 1. The quantitative estimate of drug-likeness (QED) is 0.844. The van der Waals surface area contributed by atoms with Crippen molar-refractivity contribution in [2.24, 2.45) is 5.73 Å².